The molecule has 0 aliphatic rings. The van der Waals surface area contributed by atoms with Gasteiger partial charge in [-0.1, -0.05) is 41.4 Å². The standard InChI is InChI=1S/C4H6O2.C2HCl3O2/c1-3-6-4(2)5;3-2(4,5)1(6)7/h3H,1H2,2H3;(H,6,7). The second kappa shape index (κ2) is 7.00. The molecule has 0 atom stereocenters. The lowest BCUT2D eigenvalue weighted by Gasteiger charge is -1.99. The number of rotatable bonds is 1. The molecule has 0 spiro atoms. The van der Waals surface area contributed by atoms with Crippen LogP contribution in [-0.4, -0.2) is 20.8 Å². The summed E-state index contributed by atoms with van der Waals surface area (Å²) in [7, 11) is 0. The van der Waals surface area contributed by atoms with Gasteiger partial charge in [-0.3, -0.25) is 4.79 Å². The highest BCUT2D eigenvalue weighted by atomic mass is 35.6. The summed E-state index contributed by atoms with van der Waals surface area (Å²) in [5.74, 6) is -1.79. The maximum atomic E-state index is 9.75. The monoisotopic (exact) mass is 248 g/mol. The maximum Gasteiger partial charge on any atom is 0.356 e. The second-order valence-corrected chi connectivity index (χ2v) is 3.86. The van der Waals surface area contributed by atoms with Crippen molar-refractivity contribution in [2.75, 3.05) is 0 Å². The van der Waals surface area contributed by atoms with Crippen molar-refractivity contribution in [1.29, 1.82) is 0 Å². The van der Waals surface area contributed by atoms with Crippen LogP contribution in [0, 0.1) is 0 Å². The molecule has 0 bridgehead atoms. The van der Waals surface area contributed by atoms with Gasteiger partial charge in [0.05, 0.1) is 6.26 Å². The van der Waals surface area contributed by atoms with Crippen molar-refractivity contribution >= 4 is 46.7 Å². The van der Waals surface area contributed by atoms with Crippen LogP contribution in [0.5, 0.6) is 0 Å². The highest BCUT2D eigenvalue weighted by molar-refractivity contribution is 6.75. The number of carboxylic acid groups (broad SMARTS) is 1. The topological polar surface area (TPSA) is 63.6 Å². The Morgan fingerprint density at radius 1 is 1.46 bits per heavy atom. The molecule has 4 nitrogen and oxygen atoms in total. The third-order valence-electron chi connectivity index (χ3n) is 0.492. The normalized spacial score (nSPS) is 9.23. The summed E-state index contributed by atoms with van der Waals surface area (Å²) in [6, 6.07) is 0. The Morgan fingerprint density at radius 2 is 1.77 bits per heavy atom. The van der Waals surface area contributed by atoms with Crippen LogP contribution >= 0.6 is 34.8 Å². The van der Waals surface area contributed by atoms with Crippen LogP contribution in [0.15, 0.2) is 12.8 Å². The minimum atomic E-state index is -2.17. The molecule has 0 aromatic rings. The molecule has 0 saturated carbocycles. The number of aliphatic carboxylic acids is 1. The van der Waals surface area contributed by atoms with Gasteiger partial charge < -0.3 is 9.84 Å². The van der Waals surface area contributed by atoms with Crippen LogP contribution in [0.4, 0.5) is 0 Å². The first-order valence-electron chi connectivity index (χ1n) is 2.80. The predicted octanol–water partition coefficient (Wildman–Crippen LogP) is 2.13. The van der Waals surface area contributed by atoms with Crippen molar-refractivity contribution in [1.82, 2.24) is 0 Å². The average molecular weight is 249 g/mol. The summed E-state index contributed by atoms with van der Waals surface area (Å²) in [6.07, 6.45) is 1.10. The first kappa shape index (κ1) is 15.0. The van der Waals surface area contributed by atoms with E-state index in [0.717, 1.165) is 6.26 Å². The lowest BCUT2D eigenvalue weighted by molar-refractivity contribution is -0.136. The van der Waals surface area contributed by atoms with Crippen molar-refractivity contribution in [3.05, 3.63) is 12.8 Å². The number of hydrogen-bond acceptors (Lipinski definition) is 3. The molecule has 0 unspecified atom stereocenters. The van der Waals surface area contributed by atoms with Crippen LogP contribution in [-0.2, 0) is 14.3 Å². The molecule has 0 rings (SSSR count). The molecular weight excluding hydrogens is 242 g/mol. The van der Waals surface area contributed by atoms with Crippen LogP contribution in [0.2, 0.25) is 0 Å². The molecule has 76 valence electrons. The predicted molar refractivity (Wildman–Crippen MR) is 49.9 cm³/mol. The fourth-order valence-corrected chi connectivity index (χ4v) is 0.117. The van der Waals surface area contributed by atoms with E-state index < -0.39 is 9.76 Å². The van der Waals surface area contributed by atoms with Gasteiger partial charge >= 0.3 is 11.9 Å². The first-order valence-corrected chi connectivity index (χ1v) is 3.93. The van der Waals surface area contributed by atoms with E-state index in [4.69, 9.17) is 39.9 Å². The van der Waals surface area contributed by atoms with Crippen molar-refractivity contribution in [2.45, 2.75) is 10.7 Å². The second-order valence-electron chi connectivity index (χ2n) is 1.58. The molecule has 0 aliphatic heterocycles. The number of carbonyl (C=O) groups is 2. The highest BCUT2D eigenvalue weighted by Gasteiger charge is 2.29. The van der Waals surface area contributed by atoms with E-state index in [1.165, 1.54) is 6.92 Å². The molecule has 7 heteroatoms. The lowest BCUT2D eigenvalue weighted by atomic mass is 10.8. The van der Waals surface area contributed by atoms with Gasteiger partial charge in [0, 0.05) is 6.92 Å². The Bertz CT molecular complexity index is 197. The molecule has 0 heterocycles. The van der Waals surface area contributed by atoms with E-state index >= 15 is 0 Å². The molecule has 0 aliphatic carbocycles. The summed E-state index contributed by atoms with van der Waals surface area (Å²) >= 11 is 14.4. The maximum absolute atomic E-state index is 9.75. The van der Waals surface area contributed by atoms with E-state index in [1.807, 2.05) is 0 Å². The molecule has 0 radical (unpaired) electrons. The molecule has 0 amide bonds. The summed E-state index contributed by atoms with van der Waals surface area (Å²) in [4.78, 5) is 19.4. The zero-order valence-corrected chi connectivity index (χ0v) is 8.86. The molecule has 1 N–H and O–H groups in total. The van der Waals surface area contributed by atoms with Crippen LogP contribution in [0.3, 0.4) is 0 Å². The number of halogens is 3. The van der Waals surface area contributed by atoms with E-state index in [2.05, 4.69) is 11.3 Å². The minimum Gasteiger partial charge on any atom is -0.478 e. The summed E-state index contributed by atoms with van der Waals surface area (Å²) in [5.41, 5.74) is 0. The smallest absolute Gasteiger partial charge is 0.356 e. The van der Waals surface area contributed by atoms with Crippen LogP contribution in [0.1, 0.15) is 6.92 Å². The highest BCUT2D eigenvalue weighted by Crippen LogP contribution is 2.25. The molecule has 0 aromatic heterocycles. The third-order valence-corrected chi connectivity index (χ3v) is 0.977. The Hall–Kier alpha value is -0.450. The molecule has 0 aromatic carbocycles. The zero-order valence-electron chi connectivity index (χ0n) is 6.59. The van der Waals surface area contributed by atoms with E-state index in [0.29, 0.717) is 0 Å². The van der Waals surface area contributed by atoms with Gasteiger partial charge in [0.2, 0.25) is 0 Å². The van der Waals surface area contributed by atoms with E-state index in [1.54, 1.807) is 0 Å². The van der Waals surface area contributed by atoms with Gasteiger partial charge in [-0.25, -0.2) is 4.79 Å². The largest absolute Gasteiger partial charge is 0.478 e. The van der Waals surface area contributed by atoms with Crippen molar-refractivity contribution < 1.29 is 19.4 Å². The molecular formula is C6H7Cl3O4. The number of esters is 1. The fraction of sp³-hybridized carbons (Fsp3) is 0.333. The van der Waals surface area contributed by atoms with Gasteiger partial charge in [-0.05, 0) is 0 Å². The number of ether oxygens (including phenoxy) is 1. The lowest BCUT2D eigenvalue weighted by Crippen LogP contribution is -2.16. The number of carboxylic acids is 1. The zero-order chi connectivity index (χ0) is 11.1. The first-order chi connectivity index (χ1) is 5.71. The molecule has 0 saturated heterocycles. The van der Waals surface area contributed by atoms with Gasteiger partial charge in [0.15, 0.2) is 0 Å². The number of carbonyl (C=O) groups excluding carboxylic acids is 1. The molecule has 0 fully saturated rings. The van der Waals surface area contributed by atoms with Gasteiger partial charge in [0.25, 0.3) is 3.79 Å². The summed E-state index contributed by atoms with van der Waals surface area (Å²) < 4.78 is 2.00. The Labute approximate surface area is 90.0 Å². The quantitative estimate of drug-likeness (QED) is 0.439. The number of hydrogen-bond donors (Lipinski definition) is 1. The summed E-state index contributed by atoms with van der Waals surface area (Å²) in [6.45, 7) is 4.48. The number of alkyl halides is 3. The Balaban J connectivity index is 0. The van der Waals surface area contributed by atoms with E-state index in [9.17, 15) is 9.59 Å². The fourth-order valence-electron chi connectivity index (χ4n) is 0.117. The van der Waals surface area contributed by atoms with Crippen molar-refractivity contribution in [2.24, 2.45) is 0 Å². The van der Waals surface area contributed by atoms with Crippen LogP contribution < -0.4 is 0 Å². The van der Waals surface area contributed by atoms with Gasteiger partial charge in [-0.2, -0.15) is 0 Å². The van der Waals surface area contributed by atoms with Gasteiger partial charge in [0.1, 0.15) is 0 Å². The van der Waals surface area contributed by atoms with Crippen molar-refractivity contribution in [3.63, 3.8) is 0 Å². The SMILES string of the molecule is C=COC(C)=O.O=C(O)C(Cl)(Cl)Cl. The van der Waals surface area contributed by atoms with Gasteiger partial charge in [-0.15, -0.1) is 0 Å². The summed E-state index contributed by atoms with van der Waals surface area (Å²) in [5, 5.41) is 7.85. The minimum absolute atomic E-state index is 0.329. The molecule has 13 heavy (non-hydrogen) atoms. The van der Waals surface area contributed by atoms with Crippen LogP contribution in [0.25, 0.3) is 0 Å². The third kappa shape index (κ3) is 14.4. The van der Waals surface area contributed by atoms with E-state index in [-0.39, 0.29) is 5.97 Å². The van der Waals surface area contributed by atoms with Crippen molar-refractivity contribution in [3.8, 4) is 0 Å². The average Bonchev–Trinajstić information content (AvgIpc) is 1.85. The Kier molecular flexibility index (Phi) is 8.10. The Morgan fingerprint density at radius 3 is 1.77 bits per heavy atom.